The molecule has 0 heterocycles. The van der Waals surface area contributed by atoms with Gasteiger partial charge in [0, 0.05) is 5.33 Å². The first kappa shape index (κ1) is 14.1. The highest BCUT2D eigenvalue weighted by atomic mass is 79.9. The molecule has 0 fully saturated rings. The molecule has 0 aliphatic carbocycles. The van der Waals surface area contributed by atoms with E-state index in [4.69, 9.17) is 9.47 Å². The van der Waals surface area contributed by atoms with E-state index < -0.39 is 0 Å². The summed E-state index contributed by atoms with van der Waals surface area (Å²) in [4.78, 5) is 0. The Kier molecular flexibility index (Phi) is 6.78. The normalized spacial score (nSPS) is 10.8. The van der Waals surface area contributed by atoms with Gasteiger partial charge in [-0.05, 0) is 37.5 Å². The number of methoxy groups -OCH3 is 1. The molecule has 0 aromatic heterocycles. The molecule has 3 heteroatoms. The van der Waals surface area contributed by atoms with Crippen molar-refractivity contribution in [2.45, 2.75) is 19.8 Å². The lowest BCUT2D eigenvalue weighted by Crippen LogP contribution is -1.99. The van der Waals surface area contributed by atoms with Gasteiger partial charge in [-0.1, -0.05) is 34.1 Å². The Hall–Kier alpha value is -0.960. The molecule has 0 saturated heterocycles. The number of ether oxygens (including phenoxy) is 2. The van der Waals surface area contributed by atoms with Crippen molar-refractivity contribution >= 4 is 22.0 Å². The molecule has 0 bridgehead atoms. The molecule has 0 atom stereocenters. The van der Waals surface area contributed by atoms with Crippen molar-refractivity contribution in [3.63, 3.8) is 0 Å². The maximum atomic E-state index is 5.69. The summed E-state index contributed by atoms with van der Waals surface area (Å²) in [6.45, 7) is 2.72. The van der Waals surface area contributed by atoms with Crippen molar-refractivity contribution in [2.24, 2.45) is 0 Å². The highest BCUT2D eigenvalue weighted by molar-refractivity contribution is 9.09. The average molecular weight is 299 g/mol. The first-order valence-corrected chi connectivity index (χ1v) is 6.93. The number of rotatable bonds is 7. The van der Waals surface area contributed by atoms with Crippen LogP contribution in [0.5, 0.6) is 11.5 Å². The van der Waals surface area contributed by atoms with Crippen LogP contribution < -0.4 is 9.47 Å². The molecule has 0 aliphatic heterocycles. The van der Waals surface area contributed by atoms with Crippen LogP contribution in [0.3, 0.4) is 0 Å². The lowest BCUT2D eigenvalue weighted by Gasteiger charge is -2.11. The average Bonchev–Trinajstić information content (AvgIpc) is 2.36. The fourth-order valence-corrected chi connectivity index (χ4v) is 1.87. The molecule has 1 aromatic carbocycles. The van der Waals surface area contributed by atoms with E-state index in [0.717, 1.165) is 41.8 Å². The van der Waals surface area contributed by atoms with Gasteiger partial charge in [-0.2, -0.15) is 0 Å². The Morgan fingerprint density at radius 2 is 2.06 bits per heavy atom. The maximum absolute atomic E-state index is 5.69. The lowest BCUT2D eigenvalue weighted by molar-refractivity contribution is 0.288. The van der Waals surface area contributed by atoms with Crippen LogP contribution >= 0.6 is 15.9 Å². The van der Waals surface area contributed by atoms with E-state index in [0.29, 0.717) is 0 Å². The monoisotopic (exact) mass is 298 g/mol. The van der Waals surface area contributed by atoms with Gasteiger partial charge in [-0.3, -0.25) is 0 Å². The minimum Gasteiger partial charge on any atom is -0.493 e. The molecule has 94 valence electrons. The van der Waals surface area contributed by atoms with Gasteiger partial charge in [0.2, 0.25) is 0 Å². The number of hydrogen-bond donors (Lipinski definition) is 0. The summed E-state index contributed by atoms with van der Waals surface area (Å²) in [5.41, 5.74) is 1.12. The number of alkyl halides is 1. The molecule has 17 heavy (non-hydrogen) atoms. The summed E-state index contributed by atoms with van der Waals surface area (Å²) < 4.78 is 11.0. The SMILES string of the molecule is C/C=C\c1ccc(OCCCCBr)c(OC)c1. The number of allylic oxidation sites excluding steroid dienone is 1. The van der Waals surface area contributed by atoms with Crippen LogP contribution in [0.2, 0.25) is 0 Å². The number of unbranched alkanes of at least 4 members (excludes halogenated alkanes) is 1. The smallest absolute Gasteiger partial charge is 0.161 e. The summed E-state index contributed by atoms with van der Waals surface area (Å²) in [5, 5.41) is 1.02. The Balaban J connectivity index is 2.64. The van der Waals surface area contributed by atoms with Crippen LogP contribution in [0.25, 0.3) is 6.08 Å². The second-order valence-electron chi connectivity index (χ2n) is 3.65. The minimum absolute atomic E-state index is 0.727. The standard InChI is InChI=1S/C14H19BrO2/c1-3-6-12-7-8-13(14(11-12)16-2)17-10-5-4-9-15/h3,6-8,11H,4-5,9-10H2,1-2H3/b6-3-. The third-order valence-electron chi connectivity index (χ3n) is 2.33. The Morgan fingerprint density at radius 3 is 2.71 bits per heavy atom. The van der Waals surface area contributed by atoms with Crippen molar-refractivity contribution in [2.75, 3.05) is 19.0 Å². The first-order valence-electron chi connectivity index (χ1n) is 5.81. The van der Waals surface area contributed by atoms with E-state index in [2.05, 4.69) is 15.9 Å². The van der Waals surface area contributed by atoms with Crippen LogP contribution in [0, 0.1) is 0 Å². The summed E-state index contributed by atoms with van der Waals surface area (Å²) in [5.74, 6) is 1.61. The molecule has 2 nitrogen and oxygen atoms in total. The summed E-state index contributed by atoms with van der Waals surface area (Å²) in [6.07, 6.45) is 6.21. The van der Waals surface area contributed by atoms with Gasteiger partial charge in [0.15, 0.2) is 11.5 Å². The third-order valence-corrected chi connectivity index (χ3v) is 2.89. The molecule has 0 aliphatic rings. The molecule has 1 aromatic rings. The van der Waals surface area contributed by atoms with Crippen molar-refractivity contribution in [1.82, 2.24) is 0 Å². The van der Waals surface area contributed by atoms with Gasteiger partial charge in [-0.15, -0.1) is 0 Å². The zero-order chi connectivity index (χ0) is 12.5. The minimum atomic E-state index is 0.727. The molecule has 0 amide bonds. The van der Waals surface area contributed by atoms with Crippen molar-refractivity contribution < 1.29 is 9.47 Å². The highest BCUT2D eigenvalue weighted by Crippen LogP contribution is 2.28. The van der Waals surface area contributed by atoms with Crippen molar-refractivity contribution in [3.8, 4) is 11.5 Å². The summed E-state index contributed by atoms with van der Waals surface area (Å²) in [7, 11) is 1.67. The highest BCUT2D eigenvalue weighted by Gasteiger charge is 2.04. The van der Waals surface area contributed by atoms with Crippen LogP contribution in [0.15, 0.2) is 24.3 Å². The topological polar surface area (TPSA) is 18.5 Å². The van der Waals surface area contributed by atoms with Crippen LogP contribution in [-0.4, -0.2) is 19.0 Å². The molecule has 0 saturated carbocycles. The molecule has 1 rings (SSSR count). The van der Waals surface area contributed by atoms with E-state index in [1.807, 2.05) is 37.3 Å². The fourth-order valence-electron chi connectivity index (χ4n) is 1.48. The Morgan fingerprint density at radius 1 is 1.24 bits per heavy atom. The van der Waals surface area contributed by atoms with Gasteiger partial charge < -0.3 is 9.47 Å². The fraction of sp³-hybridized carbons (Fsp3) is 0.429. The van der Waals surface area contributed by atoms with E-state index in [9.17, 15) is 0 Å². The van der Waals surface area contributed by atoms with Crippen LogP contribution in [0.4, 0.5) is 0 Å². The zero-order valence-electron chi connectivity index (χ0n) is 10.4. The zero-order valence-corrected chi connectivity index (χ0v) is 12.0. The maximum Gasteiger partial charge on any atom is 0.161 e. The number of benzene rings is 1. The van der Waals surface area contributed by atoms with E-state index in [-0.39, 0.29) is 0 Å². The quantitative estimate of drug-likeness (QED) is 0.552. The van der Waals surface area contributed by atoms with Gasteiger partial charge >= 0.3 is 0 Å². The Labute approximate surface area is 112 Å². The lowest BCUT2D eigenvalue weighted by atomic mass is 10.2. The molecule has 0 spiro atoms. The predicted octanol–water partition coefficient (Wildman–Crippen LogP) is 4.28. The first-order chi connectivity index (χ1) is 8.31. The van der Waals surface area contributed by atoms with Crippen molar-refractivity contribution in [3.05, 3.63) is 29.8 Å². The van der Waals surface area contributed by atoms with Gasteiger partial charge in [-0.25, -0.2) is 0 Å². The molecular formula is C14H19BrO2. The molecule has 0 radical (unpaired) electrons. The van der Waals surface area contributed by atoms with Crippen LogP contribution in [-0.2, 0) is 0 Å². The molecule has 0 N–H and O–H groups in total. The number of hydrogen-bond acceptors (Lipinski definition) is 2. The second-order valence-corrected chi connectivity index (χ2v) is 4.45. The van der Waals surface area contributed by atoms with Crippen molar-refractivity contribution in [1.29, 1.82) is 0 Å². The summed E-state index contributed by atoms with van der Waals surface area (Å²) >= 11 is 3.40. The third kappa shape index (κ3) is 4.82. The van der Waals surface area contributed by atoms with Gasteiger partial charge in [0.25, 0.3) is 0 Å². The van der Waals surface area contributed by atoms with Gasteiger partial charge in [0.05, 0.1) is 13.7 Å². The summed E-state index contributed by atoms with van der Waals surface area (Å²) in [6, 6.07) is 5.98. The second kappa shape index (κ2) is 8.18. The largest absolute Gasteiger partial charge is 0.493 e. The Bertz CT molecular complexity index is 361. The van der Waals surface area contributed by atoms with E-state index in [1.54, 1.807) is 7.11 Å². The van der Waals surface area contributed by atoms with E-state index >= 15 is 0 Å². The van der Waals surface area contributed by atoms with E-state index in [1.165, 1.54) is 0 Å². The van der Waals surface area contributed by atoms with Crippen LogP contribution in [0.1, 0.15) is 25.3 Å². The molecule has 0 unspecified atom stereocenters. The van der Waals surface area contributed by atoms with Gasteiger partial charge in [0.1, 0.15) is 0 Å². The molecular weight excluding hydrogens is 280 g/mol. The number of halogens is 1. The predicted molar refractivity (Wildman–Crippen MR) is 76.2 cm³/mol.